The first-order valence-corrected chi connectivity index (χ1v) is 8.42. The largest absolute Gasteiger partial charge is 0.480 e. The highest BCUT2D eigenvalue weighted by Gasteiger charge is 2.31. The summed E-state index contributed by atoms with van der Waals surface area (Å²) in [5.41, 5.74) is 0. The van der Waals surface area contributed by atoms with Gasteiger partial charge in [-0.05, 0) is 25.2 Å². The highest BCUT2D eigenvalue weighted by Crippen LogP contribution is 2.19. The minimum Gasteiger partial charge on any atom is -0.480 e. The van der Waals surface area contributed by atoms with Crippen molar-refractivity contribution in [1.29, 1.82) is 0 Å². The number of rotatable bonds is 6. The molecule has 0 unspecified atom stereocenters. The number of nitrogens with zero attached hydrogens (tertiary/aromatic N) is 1. The fourth-order valence-corrected chi connectivity index (χ4v) is 3.07. The molecule has 0 spiro atoms. The number of carboxylic acid groups (broad SMARTS) is 1. The minimum atomic E-state index is -3.72. The molecule has 0 saturated carbocycles. The first-order chi connectivity index (χ1) is 9.61. The van der Waals surface area contributed by atoms with Gasteiger partial charge in [-0.1, -0.05) is 13.8 Å². The van der Waals surface area contributed by atoms with Gasteiger partial charge in [-0.15, -0.1) is 0 Å². The second-order valence-electron chi connectivity index (χ2n) is 5.75. The number of carboxylic acids is 1. The third kappa shape index (κ3) is 5.60. The fraction of sp³-hybridized carbons (Fsp3) is 0.833. The van der Waals surface area contributed by atoms with Gasteiger partial charge >= 0.3 is 5.97 Å². The highest BCUT2D eigenvalue weighted by atomic mass is 32.2. The normalized spacial score (nSPS) is 19.4. The van der Waals surface area contributed by atoms with E-state index in [0.29, 0.717) is 19.3 Å². The Bertz CT molecular complexity index is 483. The molecule has 8 nitrogen and oxygen atoms in total. The molecule has 1 saturated heterocycles. The zero-order chi connectivity index (χ0) is 16.2. The summed E-state index contributed by atoms with van der Waals surface area (Å²) in [5.74, 6) is -1.62. The summed E-state index contributed by atoms with van der Waals surface area (Å²) in [6.45, 7) is 4.12. The van der Waals surface area contributed by atoms with Gasteiger partial charge in [-0.3, -0.25) is 4.79 Å². The van der Waals surface area contributed by atoms with Crippen LogP contribution in [-0.2, 0) is 19.8 Å². The van der Waals surface area contributed by atoms with E-state index in [0.717, 1.165) is 4.31 Å². The summed E-state index contributed by atoms with van der Waals surface area (Å²) < 4.78 is 23.5. The SMILES string of the molecule is CC(C)C[C@@H](NC(=O)C1CCN(S(N)(=O)=O)CC1)C(=O)O. The molecule has 0 aliphatic carbocycles. The molecular weight excluding hydrogens is 298 g/mol. The van der Waals surface area contributed by atoms with Crippen molar-refractivity contribution in [2.75, 3.05) is 13.1 Å². The molecule has 1 aliphatic heterocycles. The number of carbonyl (C=O) groups is 2. The van der Waals surface area contributed by atoms with Crippen LogP contribution in [0.4, 0.5) is 0 Å². The van der Waals surface area contributed by atoms with Gasteiger partial charge in [0.1, 0.15) is 6.04 Å². The standard InChI is InChI=1S/C12H23N3O5S/c1-8(2)7-10(12(17)18)14-11(16)9-3-5-15(6-4-9)21(13,19)20/h8-10H,3-7H2,1-2H3,(H,14,16)(H,17,18)(H2,13,19,20)/t10-/m1/s1. The van der Waals surface area contributed by atoms with E-state index in [4.69, 9.17) is 10.2 Å². The quantitative estimate of drug-likeness (QED) is 0.608. The average molecular weight is 321 g/mol. The van der Waals surface area contributed by atoms with Crippen LogP contribution in [0.5, 0.6) is 0 Å². The van der Waals surface area contributed by atoms with Gasteiger partial charge < -0.3 is 10.4 Å². The number of hydrogen-bond acceptors (Lipinski definition) is 4. The summed E-state index contributed by atoms with van der Waals surface area (Å²) in [5, 5.41) is 16.7. The maximum Gasteiger partial charge on any atom is 0.326 e. The van der Waals surface area contributed by atoms with Crippen LogP contribution < -0.4 is 10.5 Å². The van der Waals surface area contributed by atoms with Crippen molar-refractivity contribution in [3.63, 3.8) is 0 Å². The van der Waals surface area contributed by atoms with Gasteiger partial charge in [0.15, 0.2) is 0 Å². The predicted octanol–water partition coefficient (Wildman–Crippen LogP) is -0.483. The Morgan fingerprint density at radius 3 is 2.24 bits per heavy atom. The monoisotopic (exact) mass is 321 g/mol. The summed E-state index contributed by atoms with van der Waals surface area (Å²) >= 11 is 0. The minimum absolute atomic E-state index is 0.149. The van der Waals surface area contributed by atoms with Crippen molar-refractivity contribution in [3.8, 4) is 0 Å². The summed E-state index contributed by atoms with van der Waals surface area (Å²) in [7, 11) is -3.72. The Morgan fingerprint density at radius 2 is 1.86 bits per heavy atom. The van der Waals surface area contributed by atoms with Crippen LogP contribution in [0.3, 0.4) is 0 Å². The zero-order valence-electron chi connectivity index (χ0n) is 12.3. The van der Waals surface area contributed by atoms with Crippen molar-refractivity contribution in [2.24, 2.45) is 17.0 Å². The highest BCUT2D eigenvalue weighted by molar-refractivity contribution is 7.86. The zero-order valence-corrected chi connectivity index (χ0v) is 13.1. The maximum absolute atomic E-state index is 12.1. The molecule has 1 heterocycles. The van der Waals surface area contributed by atoms with Gasteiger partial charge in [0.2, 0.25) is 5.91 Å². The Balaban J connectivity index is 2.55. The lowest BCUT2D eigenvalue weighted by molar-refractivity contribution is -0.143. The van der Waals surface area contributed by atoms with E-state index >= 15 is 0 Å². The third-order valence-electron chi connectivity index (χ3n) is 3.51. The van der Waals surface area contributed by atoms with Gasteiger partial charge in [0.25, 0.3) is 10.2 Å². The van der Waals surface area contributed by atoms with Crippen LogP contribution in [0, 0.1) is 11.8 Å². The molecule has 0 radical (unpaired) electrons. The van der Waals surface area contributed by atoms with Crippen LogP contribution in [0.2, 0.25) is 0 Å². The van der Waals surface area contributed by atoms with Gasteiger partial charge in [-0.25, -0.2) is 9.93 Å². The second-order valence-corrected chi connectivity index (χ2v) is 7.29. The van der Waals surface area contributed by atoms with Crippen LogP contribution in [0.15, 0.2) is 0 Å². The van der Waals surface area contributed by atoms with Crippen molar-refractivity contribution in [3.05, 3.63) is 0 Å². The predicted molar refractivity (Wildman–Crippen MR) is 76.4 cm³/mol. The number of hydrogen-bond donors (Lipinski definition) is 3. The molecule has 1 fully saturated rings. The molecular formula is C12H23N3O5S. The molecule has 4 N–H and O–H groups in total. The van der Waals surface area contributed by atoms with Crippen LogP contribution >= 0.6 is 0 Å². The van der Waals surface area contributed by atoms with Gasteiger partial charge in [0, 0.05) is 19.0 Å². The van der Waals surface area contributed by atoms with Crippen molar-refractivity contribution < 1.29 is 23.1 Å². The lowest BCUT2D eigenvalue weighted by Gasteiger charge is -2.29. The fourth-order valence-electron chi connectivity index (χ4n) is 2.35. The van der Waals surface area contributed by atoms with Crippen molar-refractivity contribution >= 4 is 22.1 Å². The Kier molecular flexibility index (Phi) is 6.11. The van der Waals surface area contributed by atoms with Gasteiger partial charge in [-0.2, -0.15) is 12.7 Å². The molecule has 21 heavy (non-hydrogen) atoms. The lowest BCUT2D eigenvalue weighted by atomic mass is 9.96. The average Bonchev–Trinajstić information content (AvgIpc) is 2.36. The smallest absolute Gasteiger partial charge is 0.326 e. The molecule has 1 rings (SSSR count). The molecule has 0 aromatic rings. The maximum atomic E-state index is 12.1. The number of amides is 1. The molecule has 0 aromatic heterocycles. The molecule has 9 heteroatoms. The topological polar surface area (TPSA) is 130 Å². The Labute approximate surface area is 124 Å². The summed E-state index contributed by atoms with van der Waals surface area (Å²) in [6.07, 6.45) is 1.05. The van der Waals surface area contributed by atoms with E-state index in [1.54, 1.807) is 0 Å². The Hall–Kier alpha value is -1.19. The van der Waals surface area contributed by atoms with Crippen LogP contribution in [-0.4, -0.2) is 48.8 Å². The van der Waals surface area contributed by atoms with E-state index in [9.17, 15) is 18.0 Å². The number of carbonyl (C=O) groups excluding carboxylic acids is 1. The number of nitrogens with one attached hydrogen (secondary N) is 1. The van der Waals surface area contributed by atoms with E-state index in [1.165, 1.54) is 0 Å². The third-order valence-corrected chi connectivity index (χ3v) is 4.59. The molecule has 0 aromatic carbocycles. The number of aliphatic carboxylic acids is 1. The number of nitrogens with two attached hydrogens (primary N) is 1. The van der Waals surface area contributed by atoms with Crippen molar-refractivity contribution in [1.82, 2.24) is 9.62 Å². The molecule has 1 aliphatic rings. The summed E-state index contributed by atoms with van der Waals surface area (Å²) in [6, 6.07) is -0.909. The first-order valence-electron chi connectivity index (χ1n) is 6.92. The molecule has 122 valence electrons. The first kappa shape index (κ1) is 17.9. The summed E-state index contributed by atoms with van der Waals surface area (Å²) in [4.78, 5) is 23.2. The van der Waals surface area contributed by atoms with E-state index in [2.05, 4.69) is 5.32 Å². The van der Waals surface area contributed by atoms with Crippen LogP contribution in [0.25, 0.3) is 0 Å². The van der Waals surface area contributed by atoms with Gasteiger partial charge in [0.05, 0.1) is 0 Å². The lowest BCUT2D eigenvalue weighted by Crippen LogP contribution is -2.48. The molecule has 1 amide bonds. The number of piperidine rings is 1. The van der Waals surface area contributed by atoms with E-state index < -0.39 is 22.2 Å². The second kappa shape index (κ2) is 7.19. The van der Waals surface area contributed by atoms with E-state index in [-0.39, 0.29) is 30.8 Å². The van der Waals surface area contributed by atoms with Crippen LogP contribution in [0.1, 0.15) is 33.1 Å². The van der Waals surface area contributed by atoms with E-state index in [1.807, 2.05) is 13.8 Å². The molecule has 1 atom stereocenters. The molecule has 0 bridgehead atoms. The Morgan fingerprint density at radius 1 is 1.33 bits per heavy atom. The van der Waals surface area contributed by atoms with Crippen molar-refractivity contribution in [2.45, 2.75) is 39.2 Å².